The number of nitrogens with zero attached hydrogens (tertiary/aromatic N) is 3. The number of fused-ring (bicyclic) bond motifs is 1. The Morgan fingerprint density at radius 2 is 1.81 bits per heavy atom. The first-order valence-electron chi connectivity index (χ1n) is 8.28. The van der Waals surface area contributed by atoms with E-state index in [0.717, 1.165) is 16.6 Å². The minimum atomic E-state index is 0.188. The Balaban J connectivity index is 1.78. The molecule has 0 aliphatic carbocycles. The van der Waals surface area contributed by atoms with E-state index in [2.05, 4.69) is 15.1 Å². The van der Waals surface area contributed by atoms with Crippen molar-refractivity contribution in [3.63, 3.8) is 0 Å². The molecule has 27 heavy (non-hydrogen) atoms. The normalized spacial score (nSPS) is 12.2. The van der Waals surface area contributed by atoms with Gasteiger partial charge in [-0.2, -0.15) is 9.78 Å². The van der Waals surface area contributed by atoms with Crippen LogP contribution in [0.5, 0.6) is 5.75 Å². The standard InChI is InChI=1S/C19H19N7O/c1-27-15-9-5-2-6-11(15)14-10-16(20)26(25-14)18(22)17(21)19-23-12-7-3-4-8-13(12)24-19/h2-10H,20-22H2,1H3,(H,23,24)/b18-17-. The first kappa shape index (κ1) is 16.5. The van der Waals surface area contributed by atoms with Crippen LogP contribution in [-0.2, 0) is 0 Å². The number of anilines is 1. The zero-order valence-corrected chi connectivity index (χ0v) is 14.7. The number of hydrogen-bond donors (Lipinski definition) is 4. The molecule has 8 heteroatoms. The van der Waals surface area contributed by atoms with E-state index in [4.69, 9.17) is 21.9 Å². The summed E-state index contributed by atoms with van der Waals surface area (Å²) in [6, 6.07) is 16.9. The molecule has 136 valence electrons. The number of ether oxygens (including phenoxy) is 1. The average Bonchev–Trinajstić information content (AvgIpc) is 3.30. The number of imidazole rings is 1. The molecule has 2 aromatic carbocycles. The summed E-state index contributed by atoms with van der Waals surface area (Å²) in [5.41, 5.74) is 21.9. The van der Waals surface area contributed by atoms with Crippen molar-refractivity contribution in [3.8, 4) is 17.0 Å². The Bertz CT molecular complexity index is 1120. The highest BCUT2D eigenvalue weighted by Gasteiger charge is 2.16. The Labute approximate surface area is 155 Å². The van der Waals surface area contributed by atoms with Gasteiger partial charge in [0, 0.05) is 11.6 Å². The summed E-state index contributed by atoms with van der Waals surface area (Å²) in [5, 5.41) is 4.50. The van der Waals surface area contributed by atoms with Crippen LogP contribution in [0.25, 0.3) is 33.8 Å². The number of aromatic nitrogens is 4. The Morgan fingerprint density at radius 1 is 1.07 bits per heavy atom. The smallest absolute Gasteiger partial charge is 0.158 e. The first-order valence-corrected chi connectivity index (χ1v) is 8.28. The van der Waals surface area contributed by atoms with Gasteiger partial charge in [0.05, 0.1) is 23.8 Å². The fourth-order valence-corrected chi connectivity index (χ4v) is 2.89. The molecule has 0 saturated carbocycles. The van der Waals surface area contributed by atoms with Gasteiger partial charge in [-0.15, -0.1) is 0 Å². The monoisotopic (exact) mass is 361 g/mol. The highest BCUT2D eigenvalue weighted by molar-refractivity contribution is 5.84. The van der Waals surface area contributed by atoms with Crippen molar-refractivity contribution >= 4 is 28.4 Å². The third-order valence-corrected chi connectivity index (χ3v) is 4.27. The maximum absolute atomic E-state index is 6.24. The maximum Gasteiger partial charge on any atom is 0.158 e. The van der Waals surface area contributed by atoms with Crippen molar-refractivity contribution < 1.29 is 4.74 Å². The minimum absolute atomic E-state index is 0.188. The van der Waals surface area contributed by atoms with Gasteiger partial charge in [-0.05, 0) is 24.3 Å². The SMILES string of the molecule is COc1ccccc1-c1cc(N)n(/C(N)=C(\N)c2nc3ccccc3[nH]2)n1. The first-order chi connectivity index (χ1) is 13.1. The molecule has 0 bridgehead atoms. The molecule has 0 amide bonds. The van der Waals surface area contributed by atoms with E-state index in [1.807, 2.05) is 48.5 Å². The van der Waals surface area contributed by atoms with Gasteiger partial charge in [0.15, 0.2) is 11.6 Å². The van der Waals surface area contributed by atoms with Crippen molar-refractivity contribution in [2.24, 2.45) is 11.5 Å². The number of nitrogen functional groups attached to an aromatic ring is 1. The topological polar surface area (TPSA) is 134 Å². The predicted molar refractivity (Wildman–Crippen MR) is 106 cm³/mol. The Kier molecular flexibility index (Phi) is 3.92. The predicted octanol–water partition coefficient (Wildman–Crippen LogP) is 2.22. The quantitative estimate of drug-likeness (QED) is 0.440. The van der Waals surface area contributed by atoms with E-state index in [1.54, 1.807) is 13.2 Å². The van der Waals surface area contributed by atoms with Crippen molar-refractivity contribution in [2.75, 3.05) is 12.8 Å². The van der Waals surface area contributed by atoms with E-state index >= 15 is 0 Å². The van der Waals surface area contributed by atoms with Crippen LogP contribution in [0.1, 0.15) is 5.82 Å². The van der Waals surface area contributed by atoms with Gasteiger partial charge in [-0.3, -0.25) is 0 Å². The number of aromatic amines is 1. The molecule has 2 heterocycles. The molecule has 7 N–H and O–H groups in total. The molecule has 0 radical (unpaired) electrons. The van der Waals surface area contributed by atoms with Crippen LogP contribution in [0, 0.1) is 0 Å². The molecule has 0 atom stereocenters. The molecule has 0 spiro atoms. The molecular weight excluding hydrogens is 342 g/mol. The van der Waals surface area contributed by atoms with Gasteiger partial charge in [-0.1, -0.05) is 24.3 Å². The third-order valence-electron chi connectivity index (χ3n) is 4.27. The number of methoxy groups -OCH3 is 1. The number of hydrogen-bond acceptors (Lipinski definition) is 6. The van der Waals surface area contributed by atoms with Crippen molar-refractivity contribution in [2.45, 2.75) is 0 Å². The van der Waals surface area contributed by atoms with Gasteiger partial charge in [0.2, 0.25) is 0 Å². The van der Waals surface area contributed by atoms with E-state index in [0.29, 0.717) is 23.1 Å². The highest BCUT2D eigenvalue weighted by atomic mass is 16.5. The molecular formula is C19H19N7O. The lowest BCUT2D eigenvalue weighted by Gasteiger charge is -2.07. The summed E-state index contributed by atoms with van der Waals surface area (Å²) in [6.45, 7) is 0. The summed E-state index contributed by atoms with van der Waals surface area (Å²) >= 11 is 0. The molecule has 0 aliphatic heterocycles. The summed E-state index contributed by atoms with van der Waals surface area (Å²) in [5.74, 6) is 1.69. The Morgan fingerprint density at radius 3 is 2.59 bits per heavy atom. The van der Waals surface area contributed by atoms with E-state index < -0.39 is 0 Å². The van der Waals surface area contributed by atoms with Gasteiger partial charge in [0.25, 0.3) is 0 Å². The summed E-state index contributed by atoms with van der Waals surface area (Å²) < 4.78 is 6.78. The van der Waals surface area contributed by atoms with Gasteiger partial charge in [0.1, 0.15) is 17.3 Å². The molecule has 0 fully saturated rings. The second-order valence-corrected chi connectivity index (χ2v) is 5.97. The molecule has 0 unspecified atom stereocenters. The van der Waals surface area contributed by atoms with Crippen LogP contribution in [0.15, 0.2) is 54.6 Å². The number of benzene rings is 2. The van der Waals surface area contributed by atoms with Crippen molar-refractivity contribution in [1.29, 1.82) is 0 Å². The number of para-hydroxylation sites is 3. The van der Waals surface area contributed by atoms with Gasteiger partial charge >= 0.3 is 0 Å². The second-order valence-electron chi connectivity index (χ2n) is 5.97. The van der Waals surface area contributed by atoms with Gasteiger partial charge < -0.3 is 26.9 Å². The number of rotatable bonds is 4. The number of H-pyrrole nitrogens is 1. The lowest BCUT2D eigenvalue weighted by Crippen LogP contribution is -2.17. The Hall–Kier alpha value is -3.94. The summed E-state index contributed by atoms with van der Waals surface area (Å²) in [6.07, 6.45) is 0. The van der Waals surface area contributed by atoms with Crippen LogP contribution in [0.4, 0.5) is 5.82 Å². The van der Waals surface area contributed by atoms with Crippen LogP contribution in [-0.4, -0.2) is 26.9 Å². The number of nitrogens with one attached hydrogen (secondary N) is 1. The molecule has 0 saturated heterocycles. The lowest BCUT2D eigenvalue weighted by molar-refractivity contribution is 0.416. The third kappa shape index (κ3) is 2.82. The summed E-state index contributed by atoms with van der Waals surface area (Å²) in [4.78, 5) is 7.61. The van der Waals surface area contributed by atoms with Crippen LogP contribution in [0.2, 0.25) is 0 Å². The molecule has 8 nitrogen and oxygen atoms in total. The molecule has 4 aromatic rings. The zero-order chi connectivity index (χ0) is 19.0. The van der Waals surface area contributed by atoms with E-state index in [1.165, 1.54) is 4.68 Å². The molecule has 0 aliphatic rings. The molecule has 4 rings (SSSR count). The highest BCUT2D eigenvalue weighted by Crippen LogP contribution is 2.30. The van der Waals surface area contributed by atoms with E-state index in [-0.39, 0.29) is 11.5 Å². The fourth-order valence-electron chi connectivity index (χ4n) is 2.89. The van der Waals surface area contributed by atoms with Crippen LogP contribution < -0.4 is 21.9 Å². The lowest BCUT2D eigenvalue weighted by atomic mass is 10.1. The van der Waals surface area contributed by atoms with E-state index in [9.17, 15) is 0 Å². The van der Waals surface area contributed by atoms with Crippen molar-refractivity contribution in [3.05, 3.63) is 60.4 Å². The minimum Gasteiger partial charge on any atom is -0.496 e. The van der Waals surface area contributed by atoms with Crippen LogP contribution >= 0.6 is 0 Å². The fraction of sp³-hybridized carbons (Fsp3) is 0.0526. The maximum atomic E-state index is 6.24. The molecule has 2 aromatic heterocycles. The second kappa shape index (κ2) is 6.41. The summed E-state index contributed by atoms with van der Waals surface area (Å²) in [7, 11) is 1.60. The zero-order valence-electron chi connectivity index (χ0n) is 14.7. The average molecular weight is 361 g/mol. The largest absolute Gasteiger partial charge is 0.496 e. The van der Waals surface area contributed by atoms with Crippen molar-refractivity contribution in [1.82, 2.24) is 19.7 Å². The van der Waals surface area contributed by atoms with Crippen LogP contribution in [0.3, 0.4) is 0 Å². The van der Waals surface area contributed by atoms with Gasteiger partial charge in [-0.25, -0.2) is 4.98 Å². The number of nitrogens with two attached hydrogens (primary N) is 3.